The van der Waals surface area contributed by atoms with E-state index in [2.05, 4.69) is 15.6 Å². The molecule has 8 heteroatoms. The van der Waals surface area contributed by atoms with E-state index in [1.807, 2.05) is 36.4 Å². The van der Waals surface area contributed by atoms with E-state index in [1.165, 1.54) is 19.2 Å². The Labute approximate surface area is 191 Å². The molecule has 1 amide bonds. The van der Waals surface area contributed by atoms with Crippen LogP contribution in [0.3, 0.4) is 0 Å². The first-order valence-corrected chi connectivity index (χ1v) is 10.5. The number of hydrogen-bond acceptors (Lipinski definition) is 4. The van der Waals surface area contributed by atoms with Gasteiger partial charge in [-0.3, -0.25) is 10.1 Å². The number of rotatable bonds is 9. The van der Waals surface area contributed by atoms with E-state index >= 15 is 0 Å². The summed E-state index contributed by atoms with van der Waals surface area (Å²) in [4.78, 5) is 16.9. The van der Waals surface area contributed by atoms with Crippen molar-refractivity contribution in [2.45, 2.75) is 31.1 Å². The van der Waals surface area contributed by atoms with E-state index in [4.69, 9.17) is 4.74 Å². The summed E-state index contributed by atoms with van der Waals surface area (Å²) in [6.45, 7) is 0. The van der Waals surface area contributed by atoms with Crippen molar-refractivity contribution in [2.75, 3.05) is 14.2 Å². The van der Waals surface area contributed by atoms with Crippen LogP contribution < -0.4 is 15.4 Å². The average Bonchev–Trinajstić information content (AvgIpc) is 2.84. The SMILES string of the molecule is CNC(=O)C(N[C@H](CCc1ccc(C(F)(F)F)cc1)c1ccc(OC)nc1)c1ccccc1. The minimum Gasteiger partial charge on any atom is -0.481 e. The van der Waals surface area contributed by atoms with Crippen molar-refractivity contribution in [3.8, 4) is 5.88 Å². The fourth-order valence-corrected chi connectivity index (χ4v) is 3.55. The van der Waals surface area contributed by atoms with Crippen molar-refractivity contribution in [1.29, 1.82) is 0 Å². The fourth-order valence-electron chi connectivity index (χ4n) is 3.55. The number of nitrogens with one attached hydrogen (secondary N) is 2. The van der Waals surface area contributed by atoms with E-state index < -0.39 is 17.8 Å². The van der Waals surface area contributed by atoms with Crippen molar-refractivity contribution in [3.05, 3.63) is 95.2 Å². The Morgan fingerprint density at radius 2 is 1.70 bits per heavy atom. The Kier molecular flexibility index (Phi) is 8.06. The molecule has 174 valence electrons. The third-order valence-electron chi connectivity index (χ3n) is 5.38. The first kappa shape index (κ1) is 24.3. The van der Waals surface area contributed by atoms with E-state index in [1.54, 1.807) is 19.3 Å². The molecule has 0 bridgehead atoms. The summed E-state index contributed by atoms with van der Waals surface area (Å²) in [5.41, 5.74) is 1.74. The first-order chi connectivity index (χ1) is 15.8. The van der Waals surface area contributed by atoms with E-state index in [-0.39, 0.29) is 11.9 Å². The number of aromatic nitrogens is 1. The lowest BCUT2D eigenvalue weighted by Crippen LogP contribution is -2.38. The van der Waals surface area contributed by atoms with E-state index in [0.717, 1.165) is 28.8 Å². The number of methoxy groups -OCH3 is 1. The lowest BCUT2D eigenvalue weighted by atomic mass is 9.97. The zero-order chi connectivity index (χ0) is 23.8. The van der Waals surface area contributed by atoms with Crippen molar-refractivity contribution >= 4 is 5.91 Å². The molecule has 0 spiro atoms. The van der Waals surface area contributed by atoms with Gasteiger partial charge >= 0.3 is 6.18 Å². The molecule has 33 heavy (non-hydrogen) atoms. The zero-order valence-corrected chi connectivity index (χ0v) is 18.4. The van der Waals surface area contributed by atoms with Crippen LogP contribution in [0.2, 0.25) is 0 Å². The molecule has 0 saturated carbocycles. The highest BCUT2D eigenvalue weighted by Gasteiger charge is 2.30. The van der Waals surface area contributed by atoms with Gasteiger partial charge in [-0.15, -0.1) is 0 Å². The lowest BCUT2D eigenvalue weighted by Gasteiger charge is -2.26. The number of hydrogen-bond donors (Lipinski definition) is 2. The molecule has 1 aromatic heterocycles. The summed E-state index contributed by atoms with van der Waals surface area (Å²) < 4.78 is 43.7. The van der Waals surface area contributed by atoms with Gasteiger partial charge in [-0.2, -0.15) is 13.2 Å². The molecule has 0 fully saturated rings. The summed E-state index contributed by atoms with van der Waals surface area (Å²) in [7, 11) is 3.10. The minimum absolute atomic E-state index is 0.192. The van der Waals surface area contributed by atoms with Crippen LogP contribution in [0.5, 0.6) is 5.88 Å². The van der Waals surface area contributed by atoms with E-state index in [0.29, 0.717) is 18.7 Å². The van der Waals surface area contributed by atoms with Crippen LogP contribution in [0.4, 0.5) is 13.2 Å². The van der Waals surface area contributed by atoms with Gasteiger partial charge in [0.05, 0.1) is 12.7 Å². The molecular formula is C25H26F3N3O2. The van der Waals surface area contributed by atoms with Crippen LogP contribution in [0.25, 0.3) is 0 Å². The number of amides is 1. The number of alkyl halides is 3. The van der Waals surface area contributed by atoms with Gasteiger partial charge in [-0.05, 0) is 41.7 Å². The Hall–Kier alpha value is -3.39. The second-order valence-corrected chi connectivity index (χ2v) is 7.54. The Morgan fingerprint density at radius 3 is 2.24 bits per heavy atom. The van der Waals surface area contributed by atoms with Gasteiger partial charge < -0.3 is 10.1 Å². The molecule has 2 atom stereocenters. The maximum Gasteiger partial charge on any atom is 0.416 e. The third kappa shape index (κ3) is 6.55. The molecule has 1 unspecified atom stereocenters. The first-order valence-electron chi connectivity index (χ1n) is 10.5. The number of carbonyl (C=O) groups excluding carboxylic acids is 1. The normalized spacial score (nSPS) is 13.2. The predicted octanol–water partition coefficient (Wildman–Crippen LogP) is 4.86. The van der Waals surface area contributed by atoms with Gasteiger partial charge in [0.1, 0.15) is 6.04 Å². The summed E-state index contributed by atoms with van der Waals surface area (Å²) in [5, 5.41) is 6.10. The van der Waals surface area contributed by atoms with Crippen LogP contribution in [-0.4, -0.2) is 25.0 Å². The largest absolute Gasteiger partial charge is 0.481 e. The van der Waals surface area contributed by atoms with Crippen LogP contribution >= 0.6 is 0 Å². The van der Waals surface area contributed by atoms with Crippen LogP contribution in [0, 0.1) is 0 Å². The van der Waals surface area contributed by atoms with Crippen molar-refractivity contribution < 1.29 is 22.7 Å². The molecule has 5 nitrogen and oxygen atoms in total. The second kappa shape index (κ2) is 11.0. The molecule has 2 aromatic carbocycles. The number of carbonyl (C=O) groups is 1. The molecule has 3 aromatic rings. The smallest absolute Gasteiger partial charge is 0.416 e. The topological polar surface area (TPSA) is 63.2 Å². The summed E-state index contributed by atoms with van der Waals surface area (Å²) >= 11 is 0. The number of likely N-dealkylation sites (N-methyl/N-ethyl adjacent to an activating group) is 1. The molecular weight excluding hydrogens is 431 g/mol. The van der Waals surface area contributed by atoms with Crippen molar-refractivity contribution in [3.63, 3.8) is 0 Å². The number of aryl methyl sites for hydroxylation is 1. The van der Waals surface area contributed by atoms with Crippen LogP contribution in [0.1, 0.15) is 40.8 Å². The maximum absolute atomic E-state index is 12.9. The number of halogens is 3. The molecule has 2 N–H and O–H groups in total. The quantitative estimate of drug-likeness (QED) is 0.482. The van der Waals surface area contributed by atoms with Crippen LogP contribution in [-0.2, 0) is 17.4 Å². The molecule has 1 heterocycles. The Morgan fingerprint density at radius 1 is 1.00 bits per heavy atom. The summed E-state index contributed by atoms with van der Waals surface area (Å²) in [6, 6.07) is 17.2. The maximum atomic E-state index is 12.9. The standard InChI is InChI=1S/C25H26F3N3O2/c1-29-24(32)23(18-6-4-3-5-7-18)31-21(19-11-15-22(33-2)30-16-19)14-10-17-8-12-20(13-9-17)25(26,27)28/h3-9,11-13,15-16,21,23,31H,10,14H2,1-2H3,(H,29,32)/t21-,23?/m1/s1. The second-order valence-electron chi connectivity index (χ2n) is 7.54. The molecule has 3 rings (SSSR count). The lowest BCUT2D eigenvalue weighted by molar-refractivity contribution is -0.137. The van der Waals surface area contributed by atoms with Gasteiger partial charge in [-0.1, -0.05) is 48.5 Å². The number of benzene rings is 2. The van der Waals surface area contributed by atoms with Gasteiger partial charge in [0.15, 0.2) is 0 Å². The van der Waals surface area contributed by atoms with Gasteiger partial charge in [0.25, 0.3) is 0 Å². The number of nitrogens with zero attached hydrogens (tertiary/aromatic N) is 1. The summed E-state index contributed by atoms with van der Waals surface area (Å²) in [5.74, 6) is 0.272. The van der Waals surface area contributed by atoms with E-state index in [9.17, 15) is 18.0 Å². The summed E-state index contributed by atoms with van der Waals surface area (Å²) in [6.07, 6.45) is -1.64. The minimum atomic E-state index is -4.37. The van der Waals surface area contributed by atoms with Gasteiger partial charge in [0.2, 0.25) is 11.8 Å². The third-order valence-corrected chi connectivity index (χ3v) is 5.38. The zero-order valence-electron chi connectivity index (χ0n) is 18.4. The molecule has 0 saturated heterocycles. The Bertz CT molecular complexity index is 1020. The highest BCUT2D eigenvalue weighted by atomic mass is 19.4. The Balaban J connectivity index is 1.84. The average molecular weight is 457 g/mol. The van der Waals surface area contributed by atoms with Crippen molar-refractivity contribution in [2.24, 2.45) is 0 Å². The molecule has 0 aliphatic carbocycles. The van der Waals surface area contributed by atoms with Gasteiger partial charge in [0, 0.05) is 25.4 Å². The monoisotopic (exact) mass is 457 g/mol. The molecule has 0 radical (unpaired) electrons. The van der Waals surface area contributed by atoms with Crippen LogP contribution in [0.15, 0.2) is 72.9 Å². The molecule has 0 aliphatic heterocycles. The highest BCUT2D eigenvalue weighted by Crippen LogP contribution is 2.30. The fraction of sp³-hybridized carbons (Fsp3) is 0.280. The van der Waals surface area contributed by atoms with Crippen molar-refractivity contribution in [1.82, 2.24) is 15.6 Å². The highest BCUT2D eigenvalue weighted by molar-refractivity contribution is 5.83. The van der Waals surface area contributed by atoms with Gasteiger partial charge in [-0.25, -0.2) is 4.98 Å². The number of pyridine rings is 1. The molecule has 0 aliphatic rings. The number of ether oxygens (including phenoxy) is 1. The predicted molar refractivity (Wildman–Crippen MR) is 120 cm³/mol.